The predicted molar refractivity (Wildman–Crippen MR) is 92.9 cm³/mol. The van der Waals surface area contributed by atoms with Crippen LogP contribution in [0.1, 0.15) is 13.3 Å². The number of azo groups is 1. The molecule has 130 valence electrons. The van der Waals surface area contributed by atoms with Gasteiger partial charge in [-0.25, -0.2) is 4.98 Å². The summed E-state index contributed by atoms with van der Waals surface area (Å²) in [7, 11) is 0. The first-order valence-electron chi connectivity index (χ1n) is 7.45. The Kier molecular flexibility index (Phi) is 6.13. The van der Waals surface area contributed by atoms with Crippen LogP contribution in [0.4, 0.5) is 23.0 Å². The van der Waals surface area contributed by atoms with Crippen LogP contribution in [-0.4, -0.2) is 23.4 Å². The lowest BCUT2D eigenvalue weighted by Crippen LogP contribution is -2.17. The number of aromatic nitrogens is 1. The minimum absolute atomic E-state index is 0.0965. The first-order valence-corrected chi connectivity index (χ1v) is 7.45. The number of rotatable bonds is 6. The van der Waals surface area contributed by atoms with Gasteiger partial charge in [-0.2, -0.15) is 0 Å². The summed E-state index contributed by atoms with van der Waals surface area (Å²) < 4.78 is 5.05. The zero-order chi connectivity index (χ0) is 18.2. The number of benzene rings is 1. The summed E-state index contributed by atoms with van der Waals surface area (Å²) in [5.41, 5.74) is 11.8. The van der Waals surface area contributed by atoms with Crippen LogP contribution in [0.15, 0.2) is 46.6 Å². The molecule has 1 aromatic heterocycles. The van der Waals surface area contributed by atoms with E-state index in [1.807, 2.05) is 0 Å². The molecule has 2 aromatic rings. The molecule has 0 saturated heterocycles. The standard InChI is InChI=1S/C16H18N6O3/c1-10(23)25-13-5-3-2-4-11(13)21-22-12-6-7-14(20-16(12)18)19-15(24)8-9-17/h2-7H,8-9,17H2,1H3,(H3,18,19,20,24)/b22-21+. The summed E-state index contributed by atoms with van der Waals surface area (Å²) in [5, 5.41) is 10.6. The monoisotopic (exact) mass is 342 g/mol. The molecule has 9 heteroatoms. The molecule has 0 aliphatic carbocycles. The highest BCUT2D eigenvalue weighted by molar-refractivity contribution is 5.90. The topological polar surface area (TPSA) is 145 Å². The molecule has 1 aromatic carbocycles. The van der Waals surface area contributed by atoms with Crippen molar-refractivity contribution in [2.24, 2.45) is 16.0 Å². The van der Waals surface area contributed by atoms with E-state index in [1.165, 1.54) is 6.92 Å². The van der Waals surface area contributed by atoms with Gasteiger partial charge in [-0.05, 0) is 24.3 Å². The Morgan fingerprint density at radius 3 is 2.56 bits per heavy atom. The van der Waals surface area contributed by atoms with E-state index in [2.05, 4.69) is 20.5 Å². The second-order valence-corrected chi connectivity index (χ2v) is 4.95. The number of ether oxygens (including phenoxy) is 1. The summed E-state index contributed by atoms with van der Waals surface area (Å²) in [4.78, 5) is 26.6. The SMILES string of the molecule is CC(=O)Oc1ccccc1/N=N/c1ccc(NC(=O)CCN)nc1N. The van der Waals surface area contributed by atoms with Crippen LogP contribution in [-0.2, 0) is 9.59 Å². The lowest BCUT2D eigenvalue weighted by Gasteiger charge is -2.06. The van der Waals surface area contributed by atoms with E-state index in [0.29, 0.717) is 17.2 Å². The van der Waals surface area contributed by atoms with Gasteiger partial charge in [0, 0.05) is 19.9 Å². The quantitative estimate of drug-likeness (QED) is 0.417. The minimum Gasteiger partial charge on any atom is -0.424 e. The molecule has 0 saturated carbocycles. The molecule has 2 rings (SSSR count). The third kappa shape index (κ3) is 5.36. The van der Waals surface area contributed by atoms with Crippen LogP contribution in [0.5, 0.6) is 5.75 Å². The number of para-hydroxylation sites is 1. The number of nitrogens with zero attached hydrogens (tertiary/aromatic N) is 3. The Bertz CT molecular complexity index is 806. The van der Waals surface area contributed by atoms with Gasteiger partial charge in [0.05, 0.1) is 0 Å². The number of nitrogens with one attached hydrogen (secondary N) is 1. The van der Waals surface area contributed by atoms with E-state index < -0.39 is 5.97 Å². The van der Waals surface area contributed by atoms with Crippen LogP contribution in [0.2, 0.25) is 0 Å². The van der Waals surface area contributed by atoms with E-state index in [1.54, 1.807) is 36.4 Å². The van der Waals surface area contributed by atoms with Crippen LogP contribution in [0, 0.1) is 0 Å². The lowest BCUT2D eigenvalue weighted by atomic mass is 10.3. The summed E-state index contributed by atoms with van der Waals surface area (Å²) in [6, 6.07) is 9.82. The fourth-order valence-corrected chi connectivity index (χ4v) is 1.85. The van der Waals surface area contributed by atoms with E-state index in [9.17, 15) is 9.59 Å². The highest BCUT2D eigenvalue weighted by Gasteiger charge is 2.07. The fraction of sp³-hybridized carbons (Fsp3) is 0.188. The number of hydrogen-bond donors (Lipinski definition) is 3. The highest BCUT2D eigenvalue weighted by atomic mass is 16.5. The predicted octanol–water partition coefficient (Wildman–Crippen LogP) is 2.29. The Morgan fingerprint density at radius 2 is 1.88 bits per heavy atom. The number of nitrogens with two attached hydrogens (primary N) is 2. The molecule has 0 aliphatic heterocycles. The number of pyridine rings is 1. The number of nitrogen functional groups attached to an aromatic ring is 1. The number of esters is 1. The van der Waals surface area contributed by atoms with Crippen molar-refractivity contribution in [3.63, 3.8) is 0 Å². The fourth-order valence-electron chi connectivity index (χ4n) is 1.85. The zero-order valence-corrected chi connectivity index (χ0v) is 13.6. The van der Waals surface area contributed by atoms with Crippen LogP contribution in [0.3, 0.4) is 0 Å². The molecule has 0 fully saturated rings. The first-order chi connectivity index (χ1) is 12.0. The average molecular weight is 342 g/mol. The Balaban J connectivity index is 2.17. The van der Waals surface area contributed by atoms with Gasteiger partial charge in [0.25, 0.3) is 0 Å². The van der Waals surface area contributed by atoms with Crippen LogP contribution >= 0.6 is 0 Å². The maximum atomic E-state index is 11.5. The molecular weight excluding hydrogens is 324 g/mol. The van der Waals surface area contributed by atoms with Crippen LogP contribution < -0.4 is 21.5 Å². The van der Waals surface area contributed by atoms with E-state index >= 15 is 0 Å². The molecule has 0 atom stereocenters. The van der Waals surface area contributed by atoms with Gasteiger partial charge in [0.15, 0.2) is 11.6 Å². The van der Waals surface area contributed by atoms with Gasteiger partial charge >= 0.3 is 5.97 Å². The molecule has 0 spiro atoms. The van der Waals surface area contributed by atoms with Gasteiger partial charge in [0.1, 0.15) is 17.2 Å². The molecular formula is C16H18N6O3. The average Bonchev–Trinajstić information content (AvgIpc) is 2.55. The molecule has 0 radical (unpaired) electrons. The normalized spacial score (nSPS) is 10.6. The summed E-state index contributed by atoms with van der Waals surface area (Å²) >= 11 is 0. The van der Waals surface area contributed by atoms with E-state index in [-0.39, 0.29) is 30.4 Å². The van der Waals surface area contributed by atoms with Gasteiger partial charge in [-0.3, -0.25) is 9.59 Å². The van der Waals surface area contributed by atoms with Gasteiger partial charge < -0.3 is 21.5 Å². The number of carbonyl (C=O) groups is 2. The first kappa shape index (κ1) is 18.0. The lowest BCUT2D eigenvalue weighted by molar-refractivity contribution is -0.131. The van der Waals surface area contributed by atoms with Crippen LogP contribution in [0.25, 0.3) is 0 Å². The number of hydrogen-bond acceptors (Lipinski definition) is 8. The third-order valence-corrected chi connectivity index (χ3v) is 2.93. The summed E-state index contributed by atoms with van der Waals surface area (Å²) in [6.07, 6.45) is 0.190. The van der Waals surface area contributed by atoms with E-state index in [0.717, 1.165) is 0 Å². The van der Waals surface area contributed by atoms with Crippen molar-refractivity contribution in [3.05, 3.63) is 36.4 Å². The minimum atomic E-state index is -0.457. The molecule has 1 heterocycles. The van der Waals surface area contributed by atoms with Gasteiger partial charge in [-0.15, -0.1) is 10.2 Å². The second kappa shape index (κ2) is 8.50. The van der Waals surface area contributed by atoms with Crippen molar-refractivity contribution in [3.8, 4) is 5.75 Å². The van der Waals surface area contributed by atoms with E-state index in [4.69, 9.17) is 16.2 Å². The Morgan fingerprint density at radius 1 is 1.16 bits per heavy atom. The van der Waals surface area contributed by atoms with Crippen molar-refractivity contribution in [2.75, 3.05) is 17.6 Å². The maximum absolute atomic E-state index is 11.5. The van der Waals surface area contributed by atoms with Crippen molar-refractivity contribution >= 4 is 34.9 Å². The third-order valence-electron chi connectivity index (χ3n) is 2.93. The molecule has 0 unspecified atom stereocenters. The maximum Gasteiger partial charge on any atom is 0.308 e. The Hall–Kier alpha value is -3.33. The molecule has 0 bridgehead atoms. The highest BCUT2D eigenvalue weighted by Crippen LogP contribution is 2.30. The zero-order valence-electron chi connectivity index (χ0n) is 13.6. The van der Waals surface area contributed by atoms with Crippen molar-refractivity contribution < 1.29 is 14.3 Å². The molecule has 25 heavy (non-hydrogen) atoms. The van der Waals surface area contributed by atoms with Gasteiger partial charge in [-0.1, -0.05) is 12.1 Å². The van der Waals surface area contributed by atoms with Crippen molar-refractivity contribution in [2.45, 2.75) is 13.3 Å². The van der Waals surface area contributed by atoms with Crippen molar-refractivity contribution in [1.29, 1.82) is 0 Å². The number of anilines is 2. The molecule has 0 aliphatic rings. The number of carbonyl (C=O) groups excluding carboxylic acids is 2. The second-order valence-electron chi connectivity index (χ2n) is 4.95. The molecule has 1 amide bonds. The van der Waals surface area contributed by atoms with Gasteiger partial charge in [0.2, 0.25) is 5.91 Å². The smallest absolute Gasteiger partial charge is 0.308 e. The number of amides is 1. The summed E-state index contributed by atoms with van der Waals surface area (Å²) in [6.45, 7) is 1.54. The molecule has 5 N–H and O–H groups in total. The molecule has 9 nitrogen and oxygen atoms in total. The van der Waals surface area contributed by atoms with Crippen molar-refractivity contribution in [1.82, 2.24) is 4.98 Å². The Labute approximate surface area is 144 Å². The largest absolute Gasteiger partial charge is 0.424 e. The summed E-state index contributed by atoms with van der Waals surface area (Å²) in [5.74, 6) is -0.0223.